The Balaban J connectivity index is 1.67. The molecule has 1 N–H and O–H groups in total. The van der Waals surface area contributed by atoms with Crippen molar-refractivity contribution in [3.05, 3.63) is 59.4 Å². The highest BCUT2D eigenvalue weighted by atomic mass is 19.1. The Morgan fingerprint density at radius 1 is 1.17 bits per heavy atom. The number of piperazine rings is 1. The molecule has 0 aromatic heterocycles. The number of ether oxygens (including phenoxy) is 1. The molecule has 5 heteroatoms. The molecular weight excluding hydrogens is 293 g/mol. The van der Waals surface area contributed by atoms with E-state index in [0.29, 0.717) is 16.9 Å². The fourth-order valence-corrected chi connectivity index (χ4v) is 2.59. The van der Waals surface area contributed by atoms with Crippen LogP contribution in [0.1, 0.15) is 11.1 Å². The molecule has 0 saturated carbocycles. The SMILES string of the molecule is N#Cc1ccc(COc2cccc(N3CCNCC3)c2)c(F)c1. The van der Waals surface area contributed by atoms with Gasteiger partial charge in [0.2, 0.25) is 0 Å². The molecule has 4 nitrogen and oxygen atoms in total. The van der Waals surface area contributed by atoms with Crippen molar-refractivity contribution < 1.29 is 9.13 Å². The first-order chi connectivity index (χ1) is 11.3. The van der Waals surface area contributed by atoms with Crippen LogP contribution in [0.2, 0.25) is 0 Å². The van der Waals surface area contributed by atoms with E-state index in [-0.39, 0.29) is 6.61 Å². The normalized spacial score (nSPS) is 14.3. The van der Waals surface area contributed by atoms with Crippen LogP contribution >= 0.6 is 0 Å². The number of anilines is 1. The van der Waals surface area contributed by atoms with Crippen molar-refractivity contribution in [2.45, 2.75) is 6.61 Å². The van der Waals surface area contributed by atoms with Gasteiger partial charge in [-0.15, -0.1) is 0 Å². The molecule has 1 aliphatic rings. The summed E-state index contributed by atoms with van der Waals surface area (Å²) in [6, 6.07) is 14.2. The van der Waals surface area contributed by atoms with Crippen molar-refractivity contribution in [2.24, 2.45) is 0 Å². The van der Waals surface area contributed by atoms with Gasteiger partial charge in [0, 0.05) is 43.5 Å². The molecule has 0 radical (unpaired) electrons. The Labute approximate surface area is 135 Å². The van der Waals surface area contributed by atoms with Crippen molar-refractivity contribution in [1.29, 1.82) is 5.26 Å². The fourth-order valence-electron chi connectivity index (χ4n) is 2.59. The maximum atomic E-state index is 13.9. The minimum Gasteiger partial charge on any atom is -0.489 e. The van der Waals surface area contributed by atoms with Crippen LogP contribution in [0.15, 0.2) is 42.5 Å². The van der Waals surface area contributed by atoms with Gasteiger partial charge < -0.3 is 15.0 Å². The average molecular weight is 311 g/mol. The molecule has 1 heterocycles. The first-order valence-corrected chi connectivity index (χ1v) is 7.63. The molecule has 0 bridgehead atoms. The topological polar surface area (TPSA) is 48.3 Å². The van der Waals surface area contributed by atoms with Crippen LogP contribution in [0.5, 0.6) is 5.75 Å². The number of rotatable bonds is 4. The van der Waals surface area contributed by atoms with E-state index in [1.807, 2.05) is 24.3 Å². The summed E-state index contributed by atoms with van der Waals surface area (Å²) in [7, 11) is 0. The van der Waals surface area contributed by atoms with E-state index in [4.69, 9.17) is 10.00 Å². The molecule has 3 rings (SSSR count). The molecule has 118 valence electrons. The van der Waals surface area contributed by atoms with Crippen molar-refractivity contribution in [1.82, 2.24) is 5.32 Å². The van der Waals surface area contributed by atoms with Crippen LogP contribution in [0, 0.1) is 17.1 Å². The van der Waals surface area contributed by atoms with Crippen molar-refractivity contribution in [2.75, 3.05) is 31.1 Å². The summed E-state index contributed by atoms with van der Waals surface area (Å²) in [5, 5.41) is 12.1. The molecule has 23 heavy (non-hydrogen) atoms. The van der Waals surface area contributed by atoms with Gasteiger partial charge in [0.1, 0.15) is 18.2 Å². The number of nitrogens with one attached hydrogen (secondary N) is 1. The minimum absolute atomic E-state index is 0.141. The third-order valence-electron chi connectivity index (χ3n) is 3.88. The molecule has 0 aliphatic carbocycles. The third kappa shape index (κ3) is 3.79. The second kappa shape index (κ2) is 7.12. The van der Waals surface area contributed by atoms with Crippen molar-refractivity contribution in [3.8, 4) is 11.8 Å². The molecule has 1 saturated heterocycles. The van der Waals surface area contributed by atoms with E-state index < -0.39 is 5.82 Å². The molecular formula is C18H18FN3O. The zero-order chi connectivity index (χ0) is 16.1. The molecule has 0 unspecified atom stereocenters. The first kappa shape index (κ1) is 15.3. The second-order valence-electron chi connectivity index (χ2n) is 5.44. The predicted octanol–water partition coefficient (Wildman–Crippen LogP) is 2.69. The summed E-state index contributed by atoms with van der Waals surface area (Å²) < 4.78 is 19.6. The van der Waals surface area contributed by atoms with Gasteiger partial charge in [-0.1, -0.05) is 12.1 Å². The number of hydrogen-bond donors (Lipinski definition) is 1. The lowest BCUT2D eigenvalue weighted by Crippen LogP contribution is -2.43. The molecule has 1 aliphatic heterocycles. The number of hydrogen-bond acceptors (Lipinski definition) is 4. The summed E-state index contributed by atoms with van der Waals surface area (Å²) >= 11 is 0. The van der Waals surface area contributed by atoms with Gasteiger partial charge >= 0.3 is 0 Å². The summed E-state index contributed by atoms with van der Waals surface area (Å²) in [6.07, 6.45) is 0. The summed E-state index contributed by atoms with van der Waals surface area (Å²) in [4.78, 5) is 2.30. The van der Waals surface area contributed by atoms with Crippen molar-refractivity contribution in [3.63, 3.8) is 0 Å². The van der Waals surface area contributed by atoms with Crippen LogP contribution in [0.4, 0.5) is 10.1 Å². The minimum atomic E-state index is -0.415. The highest BCUT2D eigenvalue weighted by Crippen LogP contribution is 2.23. The Morgan fingerprint density at radius 2 is 2.00 bits per heavy atom. The van der Waals surface area contributed by atoms with Crippen molar-refractivity contribution >= 4 is 5.69 Å². The van der Waals surface area contributed by atoms with Gasteiger partial charge in [0.05, 0.1) is 11.6 Å². The lowest BCUT2D eigenvalue weighted by molar-refractivity contribution is 0.300. The van der Waals surface area contributed by atoms with E-state index in [2.05, 4.69) is 16.3 Å². The Hall–Kier alpha value is -2.58. The summed E-state index contributed by atoms with van der Waals surface area (Å²) in [5.74, 6) is 0.298. The van der Waals surface area contributed by atoms with E-state index in [1.165, 1.54) is 6.07 Å². The number of nitrogens with zero attached hydrogens (tertiary/aromatic N) is 2. The van der Waals surface area contributed by atoms with Crippen LogP contribution in [0.25, 0.3) is 0 Å². The molecule has 0 atom stereocenters. The lowest BCUT2D eigenvalue weighted by Gasteiger charge is -2.29. The zero-order valence-electron chi connectivity index (χ0n) is 12.8. The number of nitriles is 1. The van der Waals surface area contributed by atoms with E-state index in [9.17, 15) is 4.39 Å². The average Bonchev–Trinajstić information content (AvgIpc) is 2.61. The molecule has 2 aromatic rings. The van der Waals surface area contributed by atoms with Crippen LogP contribution in [-0.4, -0.2) is 26.2 Å². The van der Waals surface area contributed by atoms with Gasteiger partial charge in [-0.05, 0) is 24.3 Å². The van der Waals surface area contributed by atoms with Gasteiger partial charge in [0.15, 0.2) is 0 Å². The molecule has 1 fully saturated rings. The smallest absolute Gasteiger partial charge is 0.131 e. The lowest BCUT2D eigenvalue weighted by atomic mass is 10.1. The van der Waals surface area contributed by atoms with E-state index in [1.54, 1.807) is 12.1 Å². The Kier molecular flexibility index (Phi) is 4.74. The number of benzene rings is 2. The first-order valence-electron chi connectivity index (χ1n) is 7.63. The van der Waals surface area contributed by atoms with E-state index >= 15 is 0 Å². The predicted molar refractivity (Wildman–Crippen MR) is 87.0 cm³/mol. The zero-order valence-corrected chi connectivity index (χ0v) is 12.8. The number of halogens is 1. The monoisotopic (exact) mass is 311 g/mol. The highest BCUT2D eigenvalue weighted by molar-refractivity contribution is 5.51. The Morgan fingerprint density at radius 3 is 2.74 bits per heavy atom. The standard InChI is InChI=1S/C18H18FN3O/c19-18-10-14(12-20)4-5-15(18)13-23-17-3-1-2-16(11-17)22-8-6-21-7-9-22/h1-5,10-11,21H,6-9,13H2. The second-order valence-corrected chi connectivity index (χ2v) is 5.44. The molecule has 0 spiro atoms. The molecule has 0 amide bonds. The Bertz CT molecular complexity index is 720. The van der Waals surface area contributed by atoms with E-state index in [0.717, 1.165) is 31.9 Å². The molecule has 2 aromatic carbocycles. The maximum absolute atomic E-state index is 13.9. The summed E-state index contributed by atoms with van der Waals surface area (Å²) in [5.41, 5.74) is 1.87. The largest absolute Gasteiger partial charge is 0.489 e. The van der Waals surface area contributed by atoms with Gasteiger partial charge in [-0.25, -0.2) is 4.39 Å². The maximum Gasteiger partial charge on any atom is 0.131 e. The van der Waals surface area contributed by atoms with Gasteiger partial charge in [-0.3, -0.25) is 0 Å². The quantitative estimate of drug-likeness (QED) is 0.943. The van der Waals surface area contributed by atoms with Crippen LogP contribution < -0.4 is 15.0 Å². The van der Waals surface area contributed by atoms with Crippen LogP contribution in [-0.2, 0) is 6.61 Å². The van der Waals surface area contributed by atoms with Gasteiger partial charge in [0.25, 0.3) is 0 Å². The summed E-state index contributed by atoms with van der Waals surface area (Å²) in [6.45, 7) is 4.02. The van der Waals surface area contributed by atoms with Gasteiger partial charge in [-0.2, -0.15) is 5.26 Å². The third-order valence-corrected chi connectivity index (χ3v) is 3.88. The highest BCUT2D eigenvalue weighted by Gasteiger charge is 2.11. The fraction of sp³-hybridized carbons (Fsp3) is 0.278. The van der Waals surface area contributed by atoms with Crippen LogP contribution in [0.3, 0.4) is 0 Å².